The van der Waals surface area contributed by atoms with Gasteiger partial charge in [0.25, 0.3) is 0 Å². The molecule has 0 spiro atoms. The molecule has 0 fully saturated rings. The second kappa shape index (κ2) is 9.02. The maximum Gasteiger partial charge on any atom is 0.123 e. The van der Waals surface area contributed by atoms with Gasteiger partial charge in [0.15, 0.2) is 0 Å². The van der Waals surface area contributed by atoms with Crippen molar-refractivity contribution in [3.05, 3.63) is 107 Å². The topological polar surface area (TPSA) is 131 Å². The van der Waals surface area contributed by atoms with Gasteiger partial charge in [0.05, 0.1) is 6.10 Å². The van der Waals surface area contributed by atoms with Crippen LogP contribution in [-0.2, 0) is 4.74 Å². The largest absolute Gasteiger partial charge is 0.508 e. The summed E-state index contributed by atoms with van der Waals surface area (Å²) in [7, 11) is 1.56. The summed E-state index contributed by atoms with van der Waals surface area (Å²) in [4.78, 5) is 0. The Morgan fingerprint density at radius 3 is 1.75 bits per heavy atom. The fraction of sp³-hybridized carbons (Fsp3) is 0.172. The van der Waals surface area contributed by atoms with Crippen molar-refractivity contribution in [1.82, 2.24) is 0 Å². The fourth-order valence-corrected chi connectivity index (χ4v) is 5.61. The number of benzene rings is 4. The monoisotopic (exact) mass is 486 g/mol. The van der Waals surface area contributed by atoms with E-state index in [2.05, 4.69) is 0 Å². The third-order valence-corrected chi connectivity index (χ3v) is 6.95. The van der Waals surface area contributed by atoms with E-state index in [1.54, 1.807) is 73.8 Å². The van der Waals surface area contributed by atoms with Crippen LogP contribution < -0.4 is 0 Å². The third kappa shape index (κ3) is 4.03. The van der Waals surface area contributed by atoms with Crippen LogP contribution in [0.5, 0.6) is 34.5 Å². The normalized spacial score (nSPS) is 19.6. The maximum absolute atomic E-state index is 11.1. The van der Waals surface area contributed by atoms with E-state index in [0.717, 1.165) is 11.1 Å². The Morgan fingerprint density at radius 1 is 0.611 bits per heavy atom. The maximum atomic E-state index is 11.1. The molecule has 0 unspecified atom stereocenters. The Kier molecular flexibility index (Phi) is 5.86. The minimum absolute atomic E-state index is 0.0915. The molecular formula is C29H26O7. The van der Waals surface area contributed by atoms with Gasteiger partial charge in [-0.3, -0.25) is 0 Å². The zero-order chi connectivity index (χ0) is 25.6. The highest BCUT2D eigenvalue weighted by atomic mass is 16.5. The summed E-state index contributed by atoms with van der Waals surface area (Å²) in [5, 5.41) is 62.0. The Morgan fingerprint density at radius 2 is 1.17 bits per heavy atom. The van der Waals surface area contributed by atoms with Gasteiger partial charge in [-0.1, -0.05) is 24.3 Å². The first kappa shape index (κ1) is 23.4. The minimum atomic E-state index is -0.581. The summed E-state index contributed by atoms with van der Waals surface area (Å²) < 4.78 is 6.00. The van der Waals surface area contributed by atoms with Gasteiger partial charge in [-0.15, -0.1) is 0 Å². The molecule has 1 aliphatic carbocycles. The number of phenols is 6. The van der Waals surface area contributed by atoms with Crippen molar-refractivity contribution in [2.24, 2.45) is 0 Å². The molecule has 0 bridgehead atoms. The van der Waals surface area contributed by atoms with Crippen molar-refractivity contribution in [2.45, 2.75) is 23.9 Å². The van der Waals surface area contributed by atoms with Gasteiger partial charge in [0.2, 0.25) is 0 Å². The smallest absolute Gasteiger partial charge is 0.123 e. The van der Waals surface area contributed by atoms with E-state index in [1.807, 2.05) is 0 Å². The first-order valence-corrected chi connectivity index (χ1v) is 11.5. The number of hydrogen-bond acceptors (Lipinski definition) is 7. The summed E-state index contributed by atoms with van der Waals surface area (Å²) in [6.07, 6.45) is -0.581. The Balaban J connectivity index is 1.81. The molecule has 0 aliphatic heterocycles. The molecule has 4 aromatic rings. The average Bonchev–Trinajstić information content (AvgIpc) is 3.16. The number of phenolic OH excluding ortho intramolecular Hbond substituents is 6. The van der Waals surface area contributed by atoms with E-state index in [4.69, 9.17) is 4.74 Å². The molecule has 0 amide bonds. The lowest BCUT2D eigenvalue weighted by atomic mass is 9.74. The van der Waals surface area contributed by atoms with Crippen molar-refractivity contribution < 1.29 is 35.4 Å². The van der Waals surface area contributed by atoms with Gasteiger partial charge in [-0.2, -0.15) is 0 Å². The van der Waals surface area contributed by atoms with Crippen LogP contribution in [0.4, 0.5) is 0 Å². The van der Waals surface area contributed by atoms with Crippen LogP contribution in [0.1, 0.15) is 51.7 Å². The minimum Gasteiger partial charge on any atom is -0.508 e. The number of rotatable bonds is 5. The van der Waals surface area contributed by atoms with Crippen molar-refractivity contribution in [3.8, 4) is 34.5 Å². The summed E-state index contributed by atoms with van der Waals surface area (Å²) >= 11 is 0. The molecule has 0 radical (unpaired) electrons. The highest BCUT2D eigenvalue weighted by Crippen LogP contribution is 2.62. The second-order valence-corrected chi connectivity index (χ2v) is 9.12. The molecular weight excluding hydrogens is 460 g/mol. The van der Waals surface area contributed by atoms with Crippen molar-refractivity contribution in [2.75, 3.05) is 7.11 Å². The molecule has 5 rings (SSSR count). The molecule has 0 saturated carbocycles. The summed E-state index contributed by atoms with van der Waals surface area (Å²) in [6.45, 7) is 0. The highest BCUT2D eigenvalue weighted by molar-refractivity contribution is 5.61. The molecule has 4 atom stereocenters. The third-order valence-electron chi connectivity index (χ3n) is 6.95. The summed E-state index contributed by atoms with van der Waals surface area (Å²) in [5.41, 5.74) is 3.38. The van der Waals surface area contributed by atoms with Gasteiger partial charge in [0.1, 0.15) is 34.5 Å². The SMILES string of the molecule is CO[C@H](c1ccc(O)cc1)[C@@H]1c2cc(O)cc(O)c2[C@H](c2ccc(O)cc2)[C@H]1c1cc(O)cc(O)c1. The lowest BCUT2D eigenvalue weighted by Crippen LogP contribution is -2.19. The molecule has 0 heterocycles. The van der Waals surface area contributed by atoms with Crippen LogP contribution in [0.2, 0.25) is 0 Å². The number of hydrogen-bond donors (Lipinski definition) is 6. The van der Waals surface area contributed by atoms with Crippen LogP contribution in [0.15, 0.2) is 78.9 Å². The molecule has 6 N–H and O–H groups in total. The second-order valence-electron chi connectivity index (χ2n) is 9.12. The highest BCUT2D eigenvalue weighted by Gasteiger charge is 2.48. The van der Waals surface area contributed by atoms with Crippen molar-refractivity contribution >= 4 is 0 Å². The van der Waals surface area contributed by atoms with E-state index >= 15 is 0 Å². The van der Waals surface area contributed by atoms with Gasteiger partial charge in [-0.25, -0.2) is 0 Å². The molecule has 7 nitrogen and oxygen atoms in total. The molecule has 0 aromatic heterocycles. The van der Waals surface area contributed by atoms with Gasteiger partial charge >= 0.3 is 0 Å². The predicted octanol–water partition coefficient (Wildman–Crippen LogP) is 5.32. The quantitative estimate of drug-likeness (QED) is 0.225. The fourth-order valence-electron chi connectivity index (χ4n) is 5.61. The number of methoxy groups -OCH3 is 1. The first-order chi connectivity index (χ1) is 17.3. The molecule has 4 aromatic carbocycles. The Labute approximate surface area is 207 Å². The molecule has 36 heavy (non-hydrogen) atoms. The van der Waals surface area contributed by atoms with E-state index in [1.165, 1.54) is 12.1 Å². The molecule has 1 aliphatic rings. The zero-order valence-electron chi connectivity index (χ0n) is 19.4. The lowest BCUT2D eigenvalue weighted by Gasteiger charge is -2.32. The van der Waals surface area contributed by atoms with Crippen LogP contribution in [0, 0.1) is 0 Å². The van der Waals surface area contributed by atoms with Crippen LogP contribution in [0.3, 0.4) is 0 Å². The van der Waals surface area contributed by atoms with Gasteiger partial charge < -0.3 is 35.4 Å². The van der Waals surface area contributed by atoms with E-state index < -0.39 is 23.9 Å². The van der Waals surface area contributed by atoms with Gasteiger partial charge in [0, 0.05) is 42.6 Å². The first-order valence-electron chi connectivity index (χ1n) is 11.5. The van der Waals surface area contributed by atoms with Crippen LogP contribution in [-0.4, -0.2) is 37.7 Å². The zero-order valence-corrected chi connectivity index (χ0v) is 19.4. The summed E-state index contributed by atoms with van der Waals surface area (Å²) in [5.74, 6) is -1.66. The van der Waals surface area contributed by atoms with E-state index in [0.29, 0.717) is 16.7 Å². The average molecular weight is 487 g/mol. The van der Waals surface area contributed by atoms with E-state index in [-0.39, 0.29) is 34.5 Å². The molecule has 7 heteroatoms. The van der Waals surface area contributed by atoms with E-state index in [9.17, 15) is 30.6 Å². The molecule has 0 saturated heterocycles. The Bertz CT molecular complexity index is 1380. The standard InChI is InChI=1S/C29H26O7/c1-36-29(16-4-8-19(31)9-5-16)28-23-13-22(34)14-24(35)27(23)25(15-2-6-18(30)7-3-15)26(28)17-10-20(32)12-21(33)11-17/h2-14,25-26,28-35H,1H3/t25-,26-,28-,29-/m1/s1. The van der Waals surface area contributed by atoms with Crippen molar-refractivity contribution in [1.29, 1.82) is 0 Å². The van der Waals surface area contributed by atoms with Gasteiger partial charge in [-0.05, 0) is 64.7 Å². The lowest BCUT2D eigenvalue weighted by molar-refractivity contribution is 0.0717. The predicted molar refractivity (Wildman–Crippen MR) is 133 cm³/mol. The summed E-state index contributed by atoms with van der Waals surface area (Å²) in [6, 6.07) is 20.5. The van der Waals surface area contributed by atoms with Crippen LogP contribution >= 0.6 is 0 Å². The van der Waals surface area contributed by atoms with Crippen molar-refractivity contribution in [3.63, 3.8) is 0 Å². The number of aromatic hydroxyl groups is 6. The number of ether oxygens (including phenoxy) is 1. The van der Waals surface area contributed by atoms with Crippen LogP contribution in [0.25, 0.3) is 0 Å². The number of fused-ring (bicyclic) bond motifs is 1. The Hall–Kier alpha value is -4.36. The molecule has 184 valence electrons.